The molecule has 1 amide bonds. The Kier molecular flexibility index (Phi) is 5.77. The molecule has 1 aliphatic carbocycles. The zero-order valence-electron chi connectivity index (χ0n) is 12.9. The minimum Gasteiger partial charge on any atom is -0.340 e. The van der Waals surface area contributed by atoms with E-state index in [0.29, 0.717) is 19.0 Å². The molecule has 2 aliphatic rings. The van der Waals surface area contributed by atoms with Crippen LogP contribution in [0, 0.1) is 0 Å². The second kappa shape index (κ2) is 7.39. The predicted octanol–water partition coefficient (Wildman–Crippen LogP) is 0.750. The summed E-state index contributed by atoms with van der Waals surface area (Å²) in [4.78, 5) is 20.5. The van der Waals surface area contributed by atoms with E-state index in [1.807, 2.05) is 4.90 Å². The first-order valence-electron chi connectivity index (χ1n) is 7.72. The molecule has 0 spiro atoms. The third-order valence-electron chi connectivity index (χ3n) is 4.07. The van der Waals surface area contributed by atoms with E-state index in [1.54, 1.807) is 6.92 Å². The monoisotopic (exact) mass is 329 g/mol. The topological polar surface area (TPSA) is 88.5 Å². The first-order valence-corrected chi connectivity index (χ1v) is 7.72. The highest BCUT2D eigenvalue weighted by Gasteiger charge is 2.30. The van der Waals surface area contributed by atoms with Crippen molar-refractivity contribution in [3.05, 3.63) is 11.7 Å². The molecule has 1 aromatic rings. The number of hydrogen-bond donors (Lipinski definition) is 1. The van der Waals surface area contributed by atoms with Gasteiger partial charge in [0.2, 0.25) is 11.8 Å². The maximum atomic E-state index is 11.9. The van der Waals surface area contributed by atoms with Crippen LogP contribution in [0.1, 0.15) is 43.8 Å². The summed E-state index contributed by atoms with van der Waals surface area (Å²) in [6.45, 7) is 5.69. The average molecular weight is 330 g/mol. The highest BCUT2D eigenvalue weighted by atomic mass is 35.5. The van der Waals surface area contributed by atoms with Crippen LogP contribution in [0.3, 0.4) is 0 Å². The van der Waals surface area contributed by atoms with Crippen molar-refractivity contribution in [3.63, 3.8) is 0 Å². The van der Waals surface area contributed by atoms with Crippen molar-refractivity contribution in [2.45, 2.75) is 44.7 Å². The van der Waals surface area contributed by atoms with Crippen LogP contribution in [0.4, 0.5) is 0 Å². The number of halogens is 1. The zero-order chi connectivity index (χ0) is 14.8. The van der Waals surface area contributed by atoms with E-state index in [2.05, 4.69) is 15.0 Å². The van der Waals surface area contributed by atoms with E-state index in [1.165, 1.54) is 12.8 Å². The molecule has 0 bridgehead atoms. The Balaban J connectivity index is 0.00000176. The van der Waals surface area contributed by atoms with Crippen molar-refractivity contribution in [3.8, 4) is 0 Å². The van der Waals surface area contributed by atoms with Gasteiger partial charge in [0.1, 0.15) is 0 Å². The van der Waals surface area contributed by atoms with Crippen molar-refractivity contribution in [1.29, 1.82) is 0 Å². The Morgan fingerprint density at radius 3 is 2.82 bits per heavy atom. The van der Waals surface area contributed by atoms with Crippen LogP contribution in [0.2, 0.25) is 0 Å². The third kappa shape index (κ3) is 4.18. The van der Waals surface area contributed by atoms with E-state index in [0.717, 1.165) is 37.8 Å². The Morgan fingerprint density at radius 1 is 1.36 bits per heavy atom. The van der Waals surface area contributed by atoms with Crippen molar-refractivity contribution in [2.24, 2.45) is 5.73 Å². The second-order valence-corrected chi connectivity index (χ2v) is 6.07. The highest BCUT2D eigenvalue weighted by Crippen LogP contribution is 2.38. The van der Waals surface area contributed by atoms with Crippen LogP contribution in [-0.2, 0) is 11.3 Å². The maximum Gasteiger partial charge on any atom is 0.239 e. The SMILES string of the molecule is C[C@@H](N)C(=O)N1CCCN(Cc2noc(C3CC3)n2)CC1.Cl. The molecule has 1 atom stereocenters. The fraction of sp³-hybridized carbons (Fsp3) is 0.786. The van der Waals surface area contributed by atoms with Crippen LogP contribution in [-0.4, -0.2) is 58.1 Å². The first kappa shape index (κ1) is 17.2. The highest BCUT2D eigenvalue weighted by molar-refractivity contribution is 5.85. The summed E-state index contributed by atoms with van der Waals surface area (Å²) in [5.74, 6) is 2.07. The number of hydrogen-bond acceptors (Lipinski definition) is 6. The number of carbonyl (C=O) groups is 1. The zero-order valence-corrected chi connectivity index (χ0v) is 13.7. The third-order valence-corrected chi connectivity index (χ3v) is 4.07. The summed E-state index contributed by atoms with van der Waals surface area (Å²) < 4.78 is 5.28. The van der Waals surface area contributed by atoms with Crippen LogP contribution in [0.15, 0.2) is 4.52 Å². The first-order chi connectivity index (χ1) is 10.1. The lowest BCUT2D eigenvalue weighted by molar-refractivity contribution is -0.132. The molecule has 1 aromatic heterocycles. The van der Waals surface area contributed by atoms with Gasteiger partial charge in [-0.25, -0.2) is 0 Å². The summed E-state index contributed by atoms with van der Waals surface area (Å²) in [5.41, 5.74) is 5.68. The molecular weight excluding hydrogens is 306 g/mol. The molecule has 2 N–H and O–H groups in total. The number of nitrogens with zero attached hydrogens (tertiary/aromatic N) is 4. The molecule has 0 radical (unpaired) electrons. The fourth-order valence-electron chi connectivity index (χ4n) is 2.67. The molecule has 0 unspecified atom stereocenters. The van der Waals surface area contributed by atoms with Gasteiger partial charge in [0, 0.05) is 32.1 Å². The summed E-state index contributed by atoms with van der Waals surface area (Å²) in [6.07, 6.45) is 3.28. The number of carbonyl (C=O) groups excluding carboxylic acids is 1. The van der Waals surface area contributed by atoms with Crippen molar-refractivity contribution >= 4 is 18.3 Å². The van der Waals surface area contributed by atoms with Crippen LogP contribution < -0.4 is 5.73 Å². The van der Waals surface area contributed by atoms with Gasteiger partial charge in [-0.05, 0) is 26.2 Å². The normalized spacial score (nSPS) is 21.1. The molecule has 2 heterocycles. The number of amides is 1. The average Bonchev–Trinajstić information content (AvgIpc) is 3.24. The smallest absolute Gasteiger partial charge is 0.239 e. The van der Waals surface area contributed by atoms with Gasteiger partial charge in [-0.2, -0.15) is 4.98 Å². The summed E-state index contributed by atoms with van der Waals surface area (Å²) in [7, 11) is 0. The van der Waals surface area contributed by atoms with Gasteiger partial charge in [0.15, 0.2) is 5.82 Å². The van der Waals surface area contributed by atoms with E-state index in [4.69, 9.17) is 10.3 Å². The Bertz CT molecular complexity index is 503. The molecule has 1 saturated heterocycles. The van der Waals surface area contributed by atoms with Gasteiger partial charge >= 0.3 is 0 Å². The maximum absolute atomic E-state index is 11.9. The number of rotatable bonds is 4. The fourth-order valence-corrected chi connectivity index (χ4v) is 2.67. The molecule has 3 rings (SSSR count). The lowest BCUT2D eigenvalue weighted by Crippen LogP contribution is -2.43. The molecule has 7 nitrogen and oxygen atoms in total. The van der Waals surface area contributed by atoms with Crippen LogP contribution >= 0.6 is 12.4 Å². The Morgan fingerprint density at radius 2 is 2.14 bits per heavy atom. The van der Waals surface area contributed by atoms with Gasteiger partial charge in [-0.15, -0.1) is 12.4 Å². The molecule has 8 heteroatoms. The molecular formula is C14H24ClN5O2. The van der Waals surface area contributed by atoms with Gasteiger partial charge in [0.25, 0.3) is 0 Å². The molecule has 22 heavy (non-hydrogen) atoms. The quantitative estimate of drug-likeness (QED) is 0.877. The standard InChI is InChI=1S/C14H23N5O2.ClH/c1-10(15)14(20)19-6-2-5-18(7-8-19)9-12-16-13(21-17-12)11-3-4-11;/h10-11H,2-9,15H2,1H3;1H/t10-;/m1./s1. The minimum absolute atomic E-state index is 0. The van der Waals surface area contributed by atoms with Crippen molar-refractivity contribution in [1.82, 2.24) is 19.9 Å². The van der Waals surface area contributed by atoms with Gasteiger partial charge in [-0.3, -0.25) is 9.69 Å². The molecule has 2 fully saturated rings. The van der Waals surface area contributed by atoms with Crippen LogP contribution in [0.25, 0.3) is 0 Å². The Hall–Kier alpha value is -1.18. The molecule has 1 aliphatic heterocycles. The largest absolute Gasteiger partial charge is 0.340 e. The van der Waals surface area contributed by atoms with E-state index >= 15 is 0 Å². The van der Waals surface area contributed by atoms with E-state index in [9.17, 15) is 4.79 Å². The van der Waals surface area contributed by atoms with Crippen molar-refractivity contribution < 1.29 is 9.32 Å². The van der Waals surface area contributed by atoms with Crippen molar-refractivity contribution in [2.75, 3.05) is 26.2 Å². The van der Waals surface area contributed by atoms with Gasteiger partial charge < -0.3 is 15.2 Å². The predicted molar refractivity (Wildman–Crippen MR) is 83.6 cm³/mol. The summed E-state index contributed by atoms with van der Waals surface area (Å²) in [5, 5.41) is 4.06. The van der Waals surface area contributed by atoms with Gasteiger partial charge in [0.05, 0.1) is 12.6 Å². The molecule has 1 saturated carbocycles. The molecule has 0 aromatic carbocycles. The number of nitrogens with two attached hydrogens (primary N) is 1. The van der Waals surface area contributed by atoms with E-state index in [-0.39, 0.29) is 18.3 Å². The summed E-state index contributed by atoms with van der Waals surface area (Å²) >= 11 is 0. The molecule has 124 valence electrons. The lowest BCUT2D eigenvalue weighted by atomic mass is 10.3. The van der Waals surface area contributed by atoms with E-state index < -0.39 is 6.04 Å². The van der Waals surface area contributed by atoms with Crippen LogP contribution in [0.5, 0.6) is 0 Å². The van der Waals surface area contributed by atoms with Gasteiger partial charge in [-0.1, -0.05) is 5.16 Å². The summed E-state index contributed by atoms with van der Waals surface area (Å²) in [6, 6.07) is -0.421. The Labute approximate surface area is 136 Å². The second-order valence-electron chi connectivity index (χ2n) is 6.07. The minimum atomic E-state index is -0.421. The lowest BCUT2D eigenvalue weighted by Gasteiger charge is -2.22. The number of aromatic nitrogens is 2.